The minimum absolute atomic E-state index is 0.0812. The van der Waals surface area contributed by atoms with E-state index in [9.17, 15) is 0 Å². The number of anilines is 1. The average Bonchev–Trinajstić information content (AvgIpc) is 2.76. The van der Waals surface area contributed by atoms with Crippen LogP contribution in [0.15, 0.2) is 103 Å². The molecule has 0 aliphatic rings. The zero-order chi connectivity index (χ0) is 19.2. The molecule has 0 fully saturated rings. The highest BCUT2D eigenvalue weighted by atomic mass is 16.5. The fourth-order valence-electron chi connectivity index (χ4n) is 3.14. The number of rotatable bonds is 6. The Labute approximate surface area is 165 Å². The zero-order valence-electron chi connectivity index (χ0n) is 15.7. The van der Waals surface area contributed by atoms with Crippen molar-refractivity contribution in [2.24, 2.45) is 0 Å². The van der Waals surface area contributed by atoms with Crippen LogP contribution < -0.4 is 10.1 Å². The maximum Gasteiger partial charge on any atom is 0.150 e. The molecule has 0 aliphatic heterocycles. The lowest BCUT2D eigenvalue weighted by molar-refractivity contribution is 0.484. The quantitative estimate of drug-likeness (QED) is 0.430. The van der Waals surface area contributed by atoms with Gasteiger partial charge in [0.25, 0.3) is 0 Å². The smallest absolute Gasteiger partial charge is 0.150 e. The molecular formula is C25H22N2O. The molecule has 1 N–H and O–H groups in total. The summed E-state index contributed by atoms with van der Waals surface area (Å²) >= 11 is 0. The van der Waals surface area contributed by atoms with E-state index in [0.717, 1.165) is 34.0 Å². The molecule has 4 aromatic rings. The predicted molar refractivity (Wildman–Crippen MR) is 114 cm³/mol. The zero-order valence-corrected chi connectivity index (χ0v) is 15.7. The van der Waals surface area contributed by atoms with Crippen LogP contribution in [0.2, 0.25) is 0 Å². The SMILES string of the molecule is Cc1ccc(Oc2ccccc2)c(NC(c2ccccc2)c2ccccn2)c1. The summed E-state index contributed by atoms with van der Waals surface area (Å²) in [6, 6.07) is 32.2. The molecule has 0 radical (unpaired) electrons. The maximum absolute atomic E-state index is 6.15. The van der Waals surface area contributed by atoms with E-state index in [0.29, 0.717) is 0 Å². The van der Waals surface area contributed by atoms with E-state index in [1.165, 1.54) is 0 Å². The fraction of sp³-hybridized carbons (Fsp3) is 0.0800. The molecular weight excluding hydrogens is 344 g/mol. The van der Waals surface area contributed by atoms with Crippen molar-refractivity contribution in [2.75, 3.05) is 5.32 Å². The number of ether oxygens (including phenoxy) is 1. The largest absolute Gasteiger partial charge is 0.455 e. The molecule has 0 bridgehead atoms. The third kappa shape index (κ3) is 4.21. The Morgan fingerprint density at radius 1 is 0.786 bits per heavy atom. The number of nitrogens with one attached hydrogen (secondary N) is 1. The summed E-state index contributed by atoms with van der Waals surface area (Å²) in [5, 5.41) is 3.65. The maximum atomic E-state index is 6.15. The molecule has 0 aliphatic carbocycles. The van der Waals surface area contributed by atoms with Crippen LogP contribution in [-0.2, 0) is 0 Å². The number of aryl methyl sites for hydroxylation is 1. The van der Waals surface area contributed by atoms with Gasteiger partial charge in [0.05, 0.1) is 17.4 Å². The normalized spacial score (nSPS) is 11.6. The monoisotopic (exact) mass is 366 g/mol. The summed E-state index contributed by atoms with van der Waals surface area (Å²) in [7, 11) is 0. The summed E-state index contributed by atoms with van der Waals surface area (Å²) in [5.41, 5.74) is 4.20. The highest BCUT2D eigenvalue weighted by Crippen LogP contribution is 2.34. The molecule has 3 nitrogen and oxygen atoms in total. The van der Waals surface area contributed by atoms with Gasteiger partial charge in [-0.1, -0.05) is 60.7 Å². The topological polar surface area (TPSA) is 34.1 Å². The molecule has 3 aromatic carbocycles. The van der Waals surface area contributed by atoms with Crippen molar-refractivity contribution in [1.29, 1.82) is 0 Å². The van der Waals surface area contributed by atoms with Gasteiger partial charge in [-0.2, -0.15) is 0 Å². The van der Waals surface area contributed by atoms with Crippen LogP contribution in [0.4, 0.5) is 5.69 Å². The first-order valence-electron chi connectivity index (χ1n) is 9.35. The van der Waals surface area contributed by atoms with Gasteiger partial charge in [-0.3, -0.25) is 4.98 Å². The lowest BCUT2D eigenvalue weighted by atomic mass is 10.0. The predicted octanol–water partition coefficient (Wildman–Crippen LogP) is 6.38. The van der Waals surface area contributed by atoms with E-state index in [-0.39, 0.29) is 6.04 Å². The van der Waals surface area contributed by atoms with E-state index < -0.39 is 0 Å². The van der Waals surface area contributed by atoms with Gasteiger partial charge in [0.15, 0.2) is 5.75 Å². The number of nitrogens with zero attached hydrogens (tertiary/aromatic N) is 1. The van der Waals surface area contributed by atoms with Crippen molar-refractivity contribution < 1.29 is 4.74 Å². The van der Waals surface area contributed by atoms with Crippen LogP contribution in [0.3, 0.4) is 0 Å². The first-order chi connectivity index (χ1) is 13.8. The van der Waals surface area contributed by atoms with Gasteiger partial charge in [-0.05, 0) is 54.4 Å². The molecule has 1 atom stereocenters. The molecule has 0 amide bonds. The molecule has 0 saturated carbocycles. The lowest BCUT2D eigenvalue weighted by Crippen LogP contribution is -2.14. The molecule has 0 spiro atoms. The fourth-order valence-corrected chi connectivity index (χ4v) is 3.14. The summed E-state index contributed by atoms with van der Waals surface area (Å²) < 4.78 is 6.15. The summed E-state index contributed by atoms with van der Waals surface area (Å²) in [6.07, 6.45) is 1.82. The molecule has 1 aromatic heterocycles. The van der Waals surface area contributed by atoms with Crippen LogP contribution in [0, 0.1) is 6.92 Å². The second-order valence-corrected chi connectivity index (χ2v) is 6.66. The van der Waals surface area contributed by atoms with Gasteiger partial charge in [-0.25, -0.2) is 0 Å². The molecule has 1 unspecified atom stereocenters. The van der Waals surface area contributed by atoms with Gasteiger partial charge < -0.3 is 10.1 Å². The third-order valence-corrected chi connectivity index (χ3v) is 4.52. The summed E-state index contributed by atoms with van der Waals surface area (Å²) in [4.78, 5) is 4.58. The molecule has 0 saturated heterocycles. The molecule has 28 heavy (non-hydrogen) atoms. The first-order valence-corrected chi connectivity index (χ1v) is 9.35. The Morgan fingerprint density at radius 3 is 2.21 bits per heavy atom. The highest BCUT2D eigenvalue weighted by Gasteiger charge is 2.17. The van der Waals surface area contributed by atoms with Crippen LogP contribution >= 0.6 is 0 Å². The van der Waals surface area contributed by atoms with Crippen LogP contribution in [0.25, 0.3) is 0 Å². The molecule has 4 rings (SSSR count). The first kappa shape index (κ1) is 17.8. The van der Waals surface area contributed by atoms with E-state index in [2.05, 4.69) is 41.5 Å². The number of para-hydroxylation sites is 1. The van der Waals surface area contributed by atoms with Gasteiger partial charge in [0.2, 0.25) is 0 Å². The van der Waals surface area contributed by atoms with Crippen molar-refractivity contribution >= 4 is 5.69 Å². The number of hydrogen-bond donors (Lipinski definition) is 1. The third-order valence-electron chi connectivity index (χ3n) is 4.52. The number of benzene rings is 3. The minimum atomic E-state index is -0.0812. The van der Waals surface area contributed by atoms with Crippen molar-refractivity contribution in [3.8, 4) is 11.5 Å². The van der Waals surface area contributed by atoms with Crippen molar-refractivity contribution in [2.45, 2.75) is 13.0 Å². The van der Waals surface area contributed by atoms with Gasteiger partial charge in [0.1, 0.15) is 5.75 Å². The van der Waals surface area contributed by atoms with Crippen LogP contribution in [-0.4, -0.2) is 4.98 Å². The standard InChI is InChI=1S/C25H22N2O/c1-19-15-16-24(28-21-12-6-3-7-13-21)23(18-19)27-25(20-10-4-2-5-11-20)22-14-8-9-17-26-22/h2-18,25,27H,1H3. The molecule has 1 heterocycles. The Balaban J connectivity index is 1.71. The number of aromatic nitrogens is 1. The Morgan fingerprint density at radius 2 is 1.50 bits per heavy atom. The van der Waals surface area contributed by atoms with Gasteiger partial charge >= 0.3 is 0 Å². The molecule has 3 heteroatoms. The van der Waals surface area contributed by atoms with Gasteiger partial charge in [0, 0.05) is 6.20 Å². The van der Waals surface area contributed by atoms with Crippen LogP contribution in [0.1, 0.15) is 22.9 Å². The van der Waals surface area contributed by atoms with E-state index in [1.54, 1.807) is 0 Å². The van der Waals surface area contributed by atoms with E-state index in [4.69, 9.17) is 4.74 Å². The van der Waals surface area contributed by atoms with E-state index in [1.807, 2.05) is 79.0 Å². The van der Waals surface area contributed by atoms with Gasteiger partial charge in [-0.15, -0.1) is 0 Å². The second-order valence-electron chi connectivity index (χ2n) is 6.66. The minimum Gasteiger partial charge on any atom is -0.455 e. The Hall–Kier alpha value is -3.59. The average molecular weight is 366 g/mol. The van der Waals surface area contributed by atoms with Crippen molar-refractivity contribution in [3.05, 3.63) is 120 Å². The van der Waals surface area contributed by atoms with Crippen molar-refractivity contribution in [3.63, 3.8) is 0 Å². The van der Waals surface area contributed by atoms with Crippen molar-refractivity contribution in [1.82, 2.24) is 4.98 Å². The van der Waals surface area contributed by atoms with Crippen LogP contribution in [0.5, 0.6) is 11.5 Å². The Bertz CT molecular complexity index is 979. The number of hydrogen-bond acceptors (Lipinski definition) is 3. The molecule has 138 valence electrons. The Kier molecular flexibility index (Phi) is 5.34. The second kappa shape index (κ2) is 8.40. The summed E-state index contributed by atoms with van der Waals surface area (Å²) in [6.45, 7) is 2.08. The number of pyridine rings is 1. The van der Waals surface area contributed by atoms with E-state index >= 15 is 0 Å². The lowest BCUT2D eigenvalue weighted by Gasteiger charge is -2.22. The summed E-state index contributed by atoms with van der Waals surface area (Å²) in [5.74, 6) is 1.59. The highest BCUT2D eigenvalue weighted by molar-refractivity contribution is 5.61.